The highest BCUT2D eigenvalue weighted by atomic mass is 32.2. The van der Waals surface area contributed by atoms with Gasteiger partial charge in [0.15, 0.2) is 0 Å². The number of carboxylic acids is 1. The molecule has 0 spiro atoms. The van der Waals surface area contributed by atoms with E-state index < -0.39 is 30.0 Å². The molecule has 0 saturated carbocycles. The predicted molar refractivity (Wildman–Crippen MR) is 68.0 cm³/mol. The van der Waals surface area contributed by atoms with Gasteiger partial charge in [0.25, 0.3) is 5.91 Å². The molecule has 21 heavy (non-hydrogen) atoms. The maximum Gasteiger partial charge on any atom is 0.573 e. The quantitative estimate of drug-likeness (QED) is 0.924. The predicted octanol–water partition coefficient (Wildman–Crippen LogP) is 2.18. The Bertz CT molecular complexity index is 546. The SMILES string of the molecule is O=C(O)[C@@H]1CSCN1C(=O)c1ccc(OC(F)(F)F)cc1. The van der Waals surface area contributed by atoms with Crippen LogP contribution in [0.15, 0.2) is 24.3 Å². The first kappa shape index (κ1) is 15.5. The number of carboxylic acid groups (broad SMARTS) is 1. The van der Waals surface area contributed by atoms with Crippen molar-refractivity contribution in [2.24, 2.45) is 0 Å². The summed E-state index contributed by atoms with van der Waals surface area (Å²) in [6.07, 6.45) is -4.80. The summed E-state index contributed by atoms with van der Waals surface area (Å²) in [5, 5.41) is 9.00. The minimum atomic E-state index is -4.80. The van der Waals surface area contributed by atoms with Crippen LogP contribution in [0, 0.1) is 0 Å². The number of hydrogen-bond donors (Lipinski definition) is 1. The molecular weight excluding hydrogens is 311 g/mol. The maximum atomic E-state index is 12.1. The fourth-order valence-electron chi connectivity index (χ4n) is 1.81. The van der Waals surface area contributed by atoms with E-state index in [4.69, 9.17) is 5.11 Å². The molecule has 1 aromatic carbocycles. The summed E-state index contributed by atoms with van der Waals surface area (Å²) >= 11 is 1.30. The van der Waals surface area contributed by atoms with E-state index in [-0.39, 0.29) is 17.2 Å². The Morgan fingerprint density at radius 3 is 2.43 bits per heavy atom. The number of carbonyl (C=O) groups is 2. The van der Waals surface area contributed by atoms with E-state index in [2.05, 4.69) is 4.74 Å². The first-order valence-electron chi connectivity index (χ1n) is 5.75. The highest BCUT2D eigenvalue weighted by Crippen LogP contribution is 2.26. The summed E-state index contributed by atoms with van der Waals surface area (Å²) < 4.78 is 39.8. The first-order valence-corrected chi connectivity index (χ1v) is 6.91. The van der Waals surface area contributed by atoms with Crippen LogP contribution in [0.5, 0.6) is 5.75 Å². The van der Waals surface area contributed by atoms with Crippen LogP contribution < -0.4 is 4.74 Å². The largest absolute Gasteiger partial charge is 0.573 e. The number of rotatable bonds is 3. The van der Waals surface area contributed by atoms with Crippen LogP contribution in [-0.2, 0) is 4.79 Å². The molecule has 1 fully saturated rings. The maximum absolute atomic E-state index is 12.1. The van der Waals surface area contributed by atoms with Crippen molar-refractivity contribution >= 4 is 23.6 Å². The minimum Gasteiger partial charge on any atom is -0.480 e. The monoisotopic (exact) mass is 321 g/mol. The Morgan fingerprint density at radius 1 is 1.29 bits per heavy atom. The molecule has 0 radical (unpaired) electrons. The van der Waals surface area contributed by atoms with E-state index in [0.29, 0.717) is 0 Å². The molecule has 114 valence electrons. The number of carbonyl (C=O) groups excluding carboxylic acids is 1. The molecule has 1 aliphatic rings. The molecular formula is C12H10F3NO4S. The van der Waals surface area contributed by atoms with Gasteiger partial charge in [0.05, 0.1) is 5.88 Å². The molecule has 0 aliphatic carbocycles. The molecule has 1 aliphatic heterocycles. The van der Waals surface area contributed by atoms with Crippen molar-refractivity contribution in [2.75, 3.05) is 11.6 Å². The fourth-order valence-corrected chi connectivity index (χ4v) is 2.96. The molecule has 1 N–H and O–H groups in total. The second kappa shape index (κ2) is 5.84. The zero-order valence-electron chi connectivity index (χ0n) is 10.5. The summed E-state index contributed by atoms with van der Waals surface area (Å²) in [5.41, 5.74) is 0.110. The van der Waals surface area contributed by atoms with Crippen LogP contribution in [0.1, 0.15) is 10.4 Å². The third kappa shape index (κ3) is 3.81. The average molecular weight is 321 g/mol. The Morgan fingerprint density at radius 2 is 1.90 bits per heavy atom. The molecule has 0 aromatic heterocycles. The van der Waals surface area contributed by atoms with Crippen molar-refractivity contribution in [3.8, 4) is 5.75 Å². The lowest BCUT2D eigenvalue weighted by atomic mass is 10.1. The first-order chi connectivity index (χ1) is 9.78. The number of benzene rings is 1. The van der Waals surface area contributed by atoms with Gasteiger partial charge >= 0.3 is 12.3 Å². The molecule has 1 atom stereocenters. The van der Waals surface area contributed by atoms with Crippen molar-refractivity contribution in [2.45, 2.75) is 12.4 Å². The lowest BCUT2D eigenvalue weighted by molar-refractivity contribution is -0.274. The average Bonchev–Trinajstić information content (AvgIpc) is 2.86. The van der Waals surface area contributed by atoms with E-state index in [1.807, 2.05) is 0 Å². The summed E-state index contributed by atoms with van der Waals surface area (Å²) in [6.45, 7) is 0. The number of amides is 1. The summed E-state index contributed by atoms with van der Waals surface area (Å²) in [7, 11) is 0. The third-order valence-corrected chi connectivity index (χ3v) is 3.78. The van der Waals surface area contributed by atoms with Crippen molar-refractivity contribution in [1.82, 2.24) is 4.90 Å². The number of ether oxygens (including phenoxy) is 1. The molecule has 1 saturated heterocycles. The Hall–Kier alpha value is -1.90. The van der Waals surface area contributed by atoms with Crippen molar-refractivity contribution in [3.63, 3.8) is 0 Å². The second-order valence-electron chi connectivity index (χ2n) is 4.20. The third-order valence-electron chi connectivity index (χ3n) is 2.76. The Balaban J connectivity index is 2.11. The number of thioether (sulfide) groups is 1. The van der Waals surface area contributed by atoms with E-state index in [9.17, 15) is 22.8 Å². The van der Waals surface area contributed by atoms with E-state index in [1.54, 1.807) is 0 Å². The molecule has 2 rings (SSSR count). The van der Waals surface area contributed by atoms with E-state index in [1.165, 1.54) is 28.8 Å². The van der Waals surface area contributed by atoms with Gasteiger partial charge in [0, 0.05) is 11.3 Å². The van der Waals surface area contributed by atoms with Crippen molar-refractivity contribution in [3.05, 3.63) is 29.8 Å². The van der Waals surface area contributed by atoms with Crippen molar-refractivity contribution in [1.29, 1.82) is 0 Å². The molecule has 0 bridgehead atoms. The summed E-state index contributed by atoms with van der Waals surface area (Å²) in [6, 6.07) is 3.45. The molecule has 0 unspecified atom stereocenters. The van der Waals surface area contributed by atoms with Gasteiger partial charge in [-0.1, -0.05) is 0 Å². The van der Waals surface area contributed by atoms with E-state index >= 15 is 0 Å². The number of aliphatic carboxylic acids is 1. The van der Waals surface area contributed by atoms with Gasteiger partial charge in [-0.25, -0.2) is 4.79 Å². The summed E-state index contributed by atoms with van der Waals surface area (Å²) in [5.74, 6) is -1.56. The van der Waals surface area contributed by atoms with E-state index in [0.717, 1.165) is 12.1 Å². The zero-order chi connectivity index (χ0) is 15.6. The smallest absolute Gasteiger partial charge is 0.480 e. The zero-order valence-corrected chi connectivity index (χ0v) is 11.3. The molecule has 1 aromatic rings. The standard InChI is InChI=1S/C12H10F3NO4S/c13-12(14,15)20-8-3-1-7(2-4-8)10(17)16-6-21-5-9(16)11(18)19/h1-4,9H,5-6H2,(H,18,19)/t9-/m0/s1. The summed E-state index contributed by atoms with van der Waals surface area (Å²) in [4.78, 5) is 24.3. The lowest BCUT2D eigenvalue weighted by Crippen LogP contribution is -2.41. The number of halogens is 3. The lowest BCUT2D eigenvalue weighted by Gasteiger charge is -2.20. The van der Waals surface area contributed by atoms with Crippen LogP contribution in [0.2, 0.25) is 0 Å². The molecule has 9 heteroatoms. The van der Waals surface area contributed by atoms with Gasteiger partial charge in [-0.15, -0.1) is 24.9 Å². The number of hydrogen-bond acceptors (Lipinski definition) is 4. The van der Waals surface area contributed by atoms with Crippen LogP contribution in [0.25, 0.3) is 0 Å². The van der Waals surface area contributed by atoms with Gasteiger partial charge in [-0.3, -0.25) is 4.79 Å². The fraction of sp³-hybridized carbons (Fsp3) is 0.333. The van der Waals surface area contributed by atoms with Gasteiger partial charge in [0.1, 0.15) is 11.8 Å². The van der Waals surface area contributed by atoms with Crippen LogP contribution in [0.4, 0.5) is 13.2 Å². The van der Waals surface area contributed by atoms with Crippen LogP contribution >= 0.6 is 11.8 Å². The normalized spacial score (nSPS) is 18.6. The number of alkyl halides is 3. The van der Waals surface area contributed by atoms with Gasteiger partial charge in [0.2, 0.25) is 0 Å². The van der Waals surface area contributed by atoms with Crippen LogP contribution in [0.3, 0.4) is 0 Å². The van der Waals surface area contributed by atoms with Gasteiger partial charge in [-0.2, -0.15) is 0 Å². The Kier molecular flexibility index (Phi) is 4.31. The Labute approximate surface area is 121 Å². The van der Waals surface area contributed by atoms with Crippen LogP contribution in [-0.4, -0.2) is 45.9 Å². The highest BCUT2D eigenvalue weighted by molar-refractivity contribution is 7.99. The minimum absolute atomic E-state index is 0.110. The molecule has 5 nitrogen and oxygen atoms in total. The van der Waals surface area contributed by atoms with Gasteiger partial charge in [-0.05, 0) is 24.3 Å². The molecule has 1 amide bonds. The highest BCUT2D eigenvalue weighted by Gasteiger charge is 2.35. The second-order valence-corrected chi connectivity index (χ2v) is 5.20. The number of nitrogens with zero attached hydrogens (tertiary/aromatic N) is 1. The molecule has 1 heterocycles. The topological polar surface area (TPSA) is 66.8 Å². The van der Waals surface area contributed by atoms with Crippen molar-refractivity contribution < 1.29 is 32.6 Å². The van der Waals surface area contributed by atoms with Gasteiger partial charge < -0.3 is 14.7 Å².